The summed E-state index contributed by atoms with van der Waals surface area (Å²) >= 11 is 0. The van der Waals surface area contributed by atoms with E-state index in [4.69, 9.17) is 5.11 Å². The summed E-state index contributed by atoms with van der Waals surface area (Å²) in [7, 11) is 0. The van der Waals surface area contributed by atoms with Gasteiger partial charge >= 0.3 is 0 Å². The second-order valence-electron chi connectivity index (χ2n) is 2.77. The quantitative estimate of drug-likeness (QED) is 0.571. The summed E-state index contributed by atoms with van der Waals surface area (Å²) in [6.07, 6.45) is 1.11. The fourth-order valence-corrected chi connectivity index (χ4v) is 1.26. The molecule has 9 heavy (non-hydrogen) atoms. The average Bonchev–Trinajstić information content (AvgIpc) is 1.78. The fourth-order valence-electron chi connectivity index (χ4n) is 1.26. The number of hydrogen-bond acceptors (Lipinski definition) is 2. The Kier molecular flexibility index (Phi) is 2.49. The van der Waals surface area contributed by atoms with Crippen LogP contribution in [0.1, 0.15) is 13.3 Å². The highest BCUT2D eigenvalue weighted by atomic mass is 16.3. The van der Waals surface area contributed by atoms with Crippen molar-refractivity contribution in [1.29, 1.82) is 0 Å². The standard InChI is InChI=1S/C7H15NO/c1-2-6(5-9)7-3-8-4-7/h6-9H,2-5H2,1H3. The maximum absolute atomic E-state index is 8.83. The second-order valence-corrected chi connectivity index (χ2v) is 2.77. The molecule has 0 aromatic heterocycles. The molecular weight excluding hydrogens is 114 g/mol. The molecule has 0 spiro atoms. The summed E-state index contributed by atoms with van der Waals surface area (Å²) in [5.41, 5.74) is 0. The molecule has 0 amide bonds. The summed E-state index contributed by atoms with van der Waals surface area (Å²) in [5.74, 6) is 1.30. The van der Waals surface area contributed by atoms with Crippen LogP contribution in [0.3, 0.4) is 0 Å². The number of aliphatic hydroxyl groups excluding tert-OH is 1. The van der Waals surface area contributed by atoms with Gasteiger partial charge in [-0.2, -0.15) is 0 Å². The van der Waals surface area contributed by atoms with Crippen molar-refractivity contribution < 1.29 is 5.11 Å². The fraction of sp³-hybridized carbons (Fsp3) is 1.00. The lowest BCUT2D eigenvalue weighted by Crippen LogP contribution is -2.46. The predicted molar refractivity (Wildman–Crippen MR) is 37.2 cm³/mol. The van der Waals surface area contributed by atoms with Gasteiger partial charge in [-0.3, -0.25) is 0 Å². The highest BCUT2D eigenvalue weighted by Gasteiger charge is 2.24. The minimum atomic E-state index is 0.364. The van der Waals surface area contributed by atoms with Gasteiger partial charge in [-0.1, -0.05) is 13.3 Å². The van der Waals surface area contributed by atoms with Crippen molar-refractivity contribution in [3.05, 3.63) is 0 Å². The zero-order valence-electron chi connectivity index (χ0n) is 5.93. The predicted octanol–water partition coefficient (Wildman–Crippen LogP) is 0.224. The monoisotopic (exact) mass is 129 g/mol. The summed E-state index contributed by atoms with van der Waals surface area (Å²) in [6.45, 7) is 4.72. The Hall–Kier alpha value is -0.0800. The van der Waals surface area contributed by atoms with Gasteiger partial charge in [0.1, 0.15) is 0 Å². The van der Waals surface area contributed by atoms with Gasteiger partial charge in [0.15, 0.2) is 0 Å². The zero-order valence-corrected chi connectivity index (χ0v) is 5.93. The van der Waals surface area contributed by atoms with Crippen LogP contribution >= 0.6 is 0 Å². The molecule has 2 nitrogen and oxygen atoms in total. The first kappa shape index (κ1) is 7.03. The van der Waals surface area contributed by atoms with Crippen molar-refractivity contribution in [3.63, 3.8) is 0 Å². The molecule has 1 fully saturated rings. The van der Waals surface area contributed by atoms with Gasteiger partial charge in [-0.05, 0) is 24.9 Å². The molecule has 0 saturated carbocycles. The van der Waals surface area contributed by atoms with E-state index in [-0.39, 0.29) is 0 Å². The Morgan fingerprint density at radius 2 is 2.33 bits per heavy atom. The van der Waals surface area contributed by atoms with Gasteiger partial charge < -0.3 is 10.4 Å². The molecule has 1 atom stereocenters. The normalized spacial score (nSPS) is 23.3. The first-order valence-corrected chi connectivity index (χ1v) is 3.70. The Morgan fingerprint density at radius 1 is 1.67 bits per heavy atom. The first-order valence-electron chi connectivity index (χ1n) is 3.70. The van der Waals surface area contributed by atoms with Gasteiger partial charge in [-0.25, -0.2) is 0 Å². The van der Waals surface area contributed by atoms with Gasteiger partial charge in [-0.15, -0.1) is 0 Å². The third-order valence-electron chi connectivity index (χ3n) is 2.24. The van der Waals surface area contributed by atoms with E-state index in [2.05, 4.69) is 12.2 Å². The number of nitrogens with one attached hydrogen (secondary N) is 1. The molecule has 0 aromatic carbocycles. The summed E-state index contributed by atoms with van der Waals surface area (Å²) in [6, 6.07) is 0. The van der Waals surface area contributed by atoms with Crippen molar-refractivity contribution in [2.45, 2.75) is 13.3 Å². The molecule has 1 aliphatic heterocycles. The van der Waals surface area contributed by atoms with E-state index in [1.54, 1.807) is 0 Å². The Balaban J connectivity index is 2.19. The van der Waals surface area contributed by atoms with Crippen molar-refractivity contribution in [3.8, 4) is 0 Å². The van der Waals surface area contributed by atoms with E-state index in [0.29, 0.717) is 12.5 Å². The Bertz CT molecular complexity index is 77.0. The number of aliphatic hydroxyl groups is 1. The van der Waals surface area contributed by atoms with E-state index in [1.807, 2.05) is 0 Å². The van der Waals surface area contributed by atoms with Crippen molar-refractivity contribution in [2.24, 2.45) is 11.8 Å². The van der Waals surface area contributed by atoms with Crippen LogP contribution in [0.25, 0.3) is 0 Å². The molecule has 54 valence electrons. The molecule has 1 saturated heterocycles. The Morgan fingerprint density at radius 3 is 2.44 bits per heavy atom. The van der Waals surface area contributed by atoms with Crippen molar-refractivity contribution in [2.75, 3.05) is 19.7 Å². The van der Waals surface area contributed by atoms with Crippen molar-refractivity contribution in [1.82, 2.24) is 5.32 Å². The zero-order chi connectivity index (χ0) is 6.69. The lowest BCUT2D eigenvalue weighted by atomic mass is 9.86. The topological polar surface area (TPSA) is 32.3 Å². The summed E-state index contributed by atoms with van der Waals surface area (Å²) < 4.78 is 0. The van der Waals surface area contributed by atoms with Gasteiger partial charge in [0.05, 0.1) is 0 Å². The molecule has 1 rings (SSSR count). The van der Waals surface area contributed by atoms with E-state index < -0.39 is 0 Å². The second kappa shape index (κ2) is 3.18. The van der Waals surface area contributed by atoms with Crippen LogP contribution in [0, 0.1) is 11.8 Å². The maximum atomic E-state index is 8.83. The molecule has 2 N–H and O–H groups in total. The molecule has 0 bridgehead atoms. The lowest BCUT2D eigenvalue weighted by molar-refractivity contribution is 0.135. The molecule has 1 heterocycles. The average molecular weight is 129 g/mol. The number of hydrogen-bond donors (Lipinski definition) is 2. The van der Waals surface area contributed by atoms with E-state index in [1.165, 1.54) is 0 Å². The molecule has 2 heteroatoms. The molecule has 0 aromatic rings. The van der Waals surface area contributed by atoms with Crippen LogP contribution in [-0.2, 0) is 0 Å². The highest BCUT2D eigenvalue weighted by molar-refractivity contribution is 4.80. The third-order valence-corrected chi connectivity index (χ3v) is 2.24. The molecule has 1 aliphatic rings. The third kappa shape index (κ3) is 1.43. The number of rotatable bonds is 3. The SMILES string of the molecule is CCC(CO)C1CNC1. The Labute approximate surface area is 56.3 Å². The summed E-state index contributed by atoms with van der Waals surface area (Å²) in [5, 5.41) is 12.0. The molecular formula is C7H15NO. The minimum Gasteiger partial charge on any atom is -0.396 e. The lowest BCUT2D eigenvalue weighted by Gasteiger charge is -2.33. The minimum absolute atomic E-state index is 0.364. The first-order chi connectivity index (χ1) is 4.38. The van der Waals surface area contributed by atoms with Gasteiger partial charge in [0, 0.05) is 6.61 Å². The van der Waals surface area contributed by atoms with Gasteiger partial charge in [0.2, 0.25) is 0 Å². The largest absolute Gasteiger partial charge is 0.396 e. The van der Waals surface area contributed by atoms with Gasteiger partial charge in [0.25, 0.3) is 0 Å². The van der Waals surface area contributed by atoms with Crippen LogP contribution in [0.2, 0.25) is 0 Å². The van der Waals surface area contributed by atoms with Crippen LogP contribution in [0.5, 0.6) is 0 Å². The van der Waals surface area contributed by atoms with Crippen molar-refractivity contribution >= 4 is 0 Å². The molecule has 0 aliphatic carbocycles. The van der Waals surface area contributed by atoms with Crippen LogP contribution < -0.4 is 5.32 Å². The van der Waals surface area contributed by atoms with Crippen LogP contribution in [0.15, 0.2) is 0 Å². The molecule has 1 unspecified atom stereocenters. The van der Waals surface area contributed by atoms with E-state index >= 15 is 0 Å². The maximum Gasteiger partial charge on any atom is 0.0462 e. The molecule has 0 radical (unpaired) electrons. The smallest absolute Gasteiger partial charge is 0.0462 e. The summed E-state index contributed by atoms with van der Waals surface area (Å²) in [4.78, 5) is 0. The van der Waals surface area contributed by atoms with Crippen LogP contribution in [0.4, 0.5) is 0 Å². The van der Waals surface area contributed by atoms with Crippen LogP contribution in [-0.4, -0.2) is 24.8 Å². The highest BCUT2D eigenvalue weighted by Crippen LogP contribution is 2.18. The van der Waals surface area contributed by atoms with E-state index in [9.17, 15) is 0 Å². The van der Waals surface area contributed by atoms with E-state index in [0.717, 1.165) is 25.4 Å².